The maximum absolute atomic E-state index is 5.18. The molecule has 0 radical (unpaired) electrons. The molecule has 0 atom stereocenters. The van der Waals surface area contributed by atoms with Crippen LogP contribution in [-0.2, 0) is 32.3 Å². The second kappa shape index (κ2) is 22.2. The Labute approximate surface area is 438 Å². The van der Waals surface area contributed by atoms with Gasteiger partial charge in [-0.15, -0.1) is 34.6 Å². The zero-order valence-electron chi connectivity index (χ0n) is 43.2. The van der Waals surface area contributed by atoms with Gasteiger partial charge in [0, 0.05) is 11.4 Å². The molecule has 0 saturated heterocycles. The van der Waals surface area contributed by atoms with Crippen molar-refractivity contribution in [2.24, 2.45) is 9.98 Å². The van der Waals surface area contributed by atoms with Gasteiger partial charge in [-0.3, -0.25) is 9.98 Å². The van der Waals surface area contributed by atoms with Gasteiger partial charge in [-0.25, -0.2) is 0 Å². The van der Waals surface area contributed by atoms with E-state index in [4.69, 9.17) is 43.2 Å². The van der Waals surface area contributed by atoms with Crippen molar-refractivity contribution >= 4 is 88.9 Å². The number of fused-ring (bicyclic) bond motifs is 4. The maximum Gasteiger partial charge on any atom is 2.00 e. The average Bonchev–Trinajstić information content (AvgIpc) is 4.01. The standard InChI is InChI=1S/2C31H31N2.CH2Cl2.Zn/c2*1-7-24-18(3)30(32-20(24)5)29(31-19(4)25(8-2)21(6)33-31)28-26-15-11-9-13-22(26)17-23-14-10-12-16-27(23)28;2-1-3;/h2*9-17H,7-8H2,1-6H3;1H2;/q2*-1;;+2/b2*30-29-;;. The summed E-state index contributed by atoms with van der Waals surface area (Å²) in [5.74, 6) is 0. The Balaban J connectivity index is 0.000000193. The van der Waals surface area contributed by atoms with Crippen LogP contribution in [0.1, 0.15) is 124 Å². The van der Waals surface area contributed by atoms with Gasteiger partial charge in [0.1, 0.15) is 0 Å². The Hall–Kier alpha value is -5.58. The van der Waals surface area contributed by atoms with Gasteiger partial charge < -0.3 is 9.97 Å². The van der Waals surface area contributed by atoms with Crippen molar-refractivity contribution in [1.29, 1.82) is 0 Å². The first kappa shape index (κ1) is 52.3. The number of rotatable bonds is 8. The van der Waals surface area contributed by atoms with Crippen molar-refractivity contribution in [1.82, 2.24) is 9.97 Å². The van der Waals surface area contributed by atoms with Crippen molar-refractivity contribution in [3.05, 3.63) is 199 Å². The van der Waals surface area contributed by atoms with E-state index in [9.17, 15) is 0 Å². The zero-order chi connectivity index (χ0) is 49.3. The van der Waals surface area contributed by atoms with Gasteiger partial charge in [-0.1, -0.05) is 161 Å². The van der Waals surface area contributed by atoms with Crippen LogP contribution in [0.4, 0.5) is 0 Å². The van der Waals surface area contributed by atoms with Crippen LogP contribution in [0.3, 0.4) is 0 Å². The Morgan fingerprint density at radius 2 is 0.729 bits per heavy atom. The monoisotopic (exact) mass is 1010 g/mol. The molecule has 0 saturated carbocycles. The first-order valence-corrected chi connectivity index (χ1v) is 25.6. The fraction of sp³-hybridized carbons (Fsp3) is 0.270. The largest absolute Gasteiger partial charge is 2.00 e. The Kier molecular flexibility index (Phi) is 16.6. The predicted molar refractivity (Wildman–Crippen MR) is 301 cm³/mol. The molecule has 7 heteroatoms. The summed E-state index contributed by atoms with van der Waals surface area (Å²) in [7, 11) is 0. The van der Waals surface area contributed by atoms with E-state index in [1.54, 1.807) is 0 Å². The maximum atomic E-state index is 5.18. The molecule has 0 unspecified atom stereocenters. The van der Waals surface area contributed by atoms with E-state index in [1.807, 2.05) is 0 Å². The average molecular weight is 1010 g/mol. The normalized spacial score (nSPS) is 15.0. The Bertz CT molecular complexity index is 3170. The number of aliphatic imine (C=N–C) groups is 2. The van der Waals surface area contributed by atoms with Gasteiger partial charge in [0.05, 0.1) is 16.7 Å². The molecule has 2 aliphatic heterocycles. The van der Waals surface area contributed by atoms with Gasteiger partial charge >= 0.3 is 19.5 Å². The minimum atomic E-state index is 0. The Morgan fingerprint density at radius 3 is 0.971 bits per heavy atom. The van der Waals surface area contributed by atoms with E-state index >= 15 is 0 Å². The molecule has 0 N–H and O–H groups in total. The number of aromatic nitrogens is 2. The van der Waals surface area contributed by atoms with E-state index in [1.165, 1.54) is 110 Å². The number of hydrogen-bond donors (Lipinski definition) is 0. The number of alkyl halides is 2. The summed E-state index contributed by atoms with van der Waals surface area (Å²) in [5.41, 5.74) is 24.2. The number of allylic oxidation sites excluding steroid dienone is 4. The number of halogens is 2. The van der Waals surface area contributed by atoms with Crippen molar-refractivity contribution in [3.63, 3.8) is 0 Å². The summed E-state index contributed by atoms with van der Waals surface area (Å²) < 4.78 is 0. The van der Waals surface area contributed by atoms with Crippen LogP contribution < -0.4 is 9.97 Å². The summed E-state index contributed by atoms with van der Waals surface area (Å²) >= 11 is 9.53. The van der Waals surface area contributed by atoms with Crippen LogP contribution in [0.5, 0.6) is 0 Å². The van der Waals surface area contributed by atoms with E-state index in [0.29, 0.717) is 0 Å². The number of benzene rings is 6. The first-order chi connectivity index (χ1) is 33.3. The molecule has 8 aromatic rings. The number of hydrogen-bond acceptors (Lipinski definition) is 2. The van der Waals surface area contributed by atoms with Crippen LogP contribution in [-0.4, -0.2) is 16.8 Å². The van der Waals surface area contributed by atoms with Crippen molar-refractivity contribution in [2.45, 2.75) is 109 Å². The van der Waals surface area contributed by atoms with Crippen LogP contribution in [0.25, 0.3) is 54.2 Å². The fourth-order valence-electron chi connectivity index (χ4n) is 11.3. The fourth-order valence-corrected chi connectivity index (χ4v) is 11.3. The molecule has 0 fully saturated rings. The van der Waals surface area contributed by atoms with Crippen molar-refractivity contribution < 1.29 is 19.5 Å². The summed E-state index contributed by atoms with van der Waals surface area (Å²) in [6.45, 7) is 26.4. The molecule has 10 rings (SSSR count). The summed E-state index contributed by atoms with van der Waals surface area (Å²) in [6, 6.07) is 39.5. The molecule has 4 nitrogen and oxygen atoms in total. The molecule has 0 bridgehead atoms. The van der Waals surface area contributed by atoms with Crippen molar-refractivity contribution in [2.75, 3.05) is 5.34 Å². The molecule has 2 aliphatic rings. The minimum Gasteiger partial charge on any atom is -0.660 e. The SMILES string of the molecule is CCC1=C(C)/C(=C(/c2[n-]c(C)c(CC)c2C)c2c3ccccc3cc3ccccc23)N=C1C.CCC1=C(C)/C(=C(/c2[n-]c(C)c(CC)c2C)c2c3ccccc3cc3ccccc23)N=C1C.ClCCl.[Zn+2]. The molecule has 352 valence electrons. The molecular weight excluding hydrogens is 949 g/mol. The second-order valence-corrected chi connectivity index (χ2v) is 19.1. The molecule has 6 aromatic carbocycles. The third-order valence-corrected chi connectivity index (χ3v) is 14.5. The van der Waals surface area contributed by atoms with Gasteiger partial charge in [-0.05, 0) is 167 Å². The topological polar surface area (TPSA) is 52.9 Å². The third-order valence-electron chi connectivity index (χ3n) is 14.5. The first-order valence-electron chi connectivity index (χ1n) is 24.5. The quantitative estimate of drug-likeness (QED) is 0.0865. The van der Waals surface area contributed by atoms with Crippen LogP contribution in [0.15, 0.2) is 153 Å². The van der Waals surface area contributed by atoms with Crippen LogP contribution >= 0.6 is 23.2 Å². The van der Waals surface area contributed by atoms with E-state index in [-0.39, 0.29) is 24.8 Å². The molecular formula is C63H64Cl2N4Zn. The van der Waals surface area contributed by atoms with Crippen LogP contribution in [0.2, 0.25) is 0 Å². The molecule has 0 aliphatic carbocycles. The predicted octanol–water partition coefficient (Wildman–Crippen LogP) is 17.6. The van der Waals surface area contributed by atoms with E-state index in [0.717, 1.165) is 71.3 Å². The molecule has 4 heterocycles. The smallest absolute Gasteiger partial charge is 0.660 e. The van der Waals surface area contributed by atoms with Crippen LogP contribution in [0, 0.1) is 27.7 Å². The third kappa shape index (κ3) is 9.38. The summed E-state index contributed by atoms with van der Waals surface area (Å²) in [4.78, 5) is 20.7. The molecule has 0 spiro atoms. The summed E-state index contributed by atoms with van der Waals surface area (Å²) in [5, 5.41) is 10.2. The molecule has 70 heavy (non-hydrogen) atoms. The van der Waals surface area contributed by atoms with Gasteiger partial charge in [0.25, 0.3) is 0 Å². The zero-order valence-corrected chi connectivity index (χ0v) is 47.7. The van der Waals surface area contributed by atoms with Crippen molar-refractivity contribution in [3.8, 4) is 0 Å². The van der Waals surface area contributed by atoms with Gasteiger partial charge in [-0.2, -0.15) is 11.4 Å². The van der Waals surface area contributed by atoms with E-state index < -0.39 is 0 Å². The molecule has 2 aromatic heterocycles. The van der Waals surface area contributed by atoms with E-state index in [2.05, 4.69) is 192 Å². The number of nitrogens with zero attached hydrogens (tertiary/aromatic N) is 4. The number of aryl methyl sites for hydroxylation is 2. The summed E-state index contributed by atoms with van der Waals surface area (Å²) in [6.07, 6.45) is 3.95. The Morgan fingerprint density at radius 1 is 0.443 bits per heavy atom. The molecule has 0 amide bonds. The van der Waals surface area contributed by atoms with Gasteiger partial charge in [0.2, 0.25) is 0 Å². The van der Waals surface area contributed by atoms with Gasteiger partial charge in [0.15, 0.2) is 0 Å². The minimum absolute atomic E-state index is 0. The second-order valence-electron chi connectivity index (χ2n) is 18.3.